The topological polar surface area (TPSA) is 74.4 Å². The Balaban J connectivity index is 1.96. The molecule has 0 unspecified atom stereocenters. The summed E-state index contributed by atoms with van der Waals surface area (Å²) in [7, 11) is 0. The van der Waals surface area contributed by atoms with E-state index in [1.54, 1.807) is 6.20 Å². The van der Waals surface area contributed by atoms with E-state index in [1.165, 1.54) is 16.7 Å². The van der Waals surface area contributed by atoms with Crippen molar-refractivity contribution in [3.63, 3.8) is 0 Å². The standard InChI is InChI=1S/C16H12Cl2N2O4/c17-13-7-11(20(22)23)8-14(18)16(13)24-12-5-6-15(21)19(9-12)10-3-1-2-4-10/h3,5-9H,1-2,4H2. The number of non-ortho nitro benzene ring substituents is 1. The molecular formula is C16H12Cl2N2O4. The van der Waals surface area contributed by atoms with Crippen LogP contribution in [0.4, 0.5) is 5.69 Å². The first-order valence-corrected chi connectivity index (χ1v) is 7.94. The molecule has 124 valence electrons. The van der Waals surface area contributed by atoms with Crippen LogP contribution < -0.4 is 10.3 Å². The largest absolute Gasteiger partial charge is 0.453 e. The summed E-state index contributed by atoms with van der Waals surface area (Å²) in [6.45, 7) is 0. The van der Waals surface area contributed by atoms with Gasteiger partial charge >= 0.3 is 0 Å². The molecule has 3 rings (SSSR count). The van der Waals surface area contributed by atoms with Crippen molar-refractivity contribution in [2.24, 2.45) is 0 Å². The lowest BCUT2D eigenvalue weighted by atomic mass is 10.3. The van der Waals surface area contributed by atoms with Crippen molar-refractivity contribution >= 4 is 34.6 Å². The Labute approximate surface area is 147 Å². The SMILES string of the molecule is O=c1ccc(Oc2c(Cl)cc([N+](=O)[O-])cc2Cl)cn1C1=CCCC1. The maximum Gasteiger partial charge on any atom is 0.272 e. The fourth-order valence-corrected chi connectivity index (χ4v) is 3.05. The molecule has 0 amide bonds. The summed E-state index contributed by atoms with van der Waals surface area (Å²) in [5.74, 6) is 0.467. The number of nitro benzene ring substituents is 1. The Morgan fingerprint density at radius 3 is 2.50 bits per heavy atom. The zero-order valence-electron chi connectivity index (χ0n) is 12.4. The van der Waals surface area contributed by atoms with Gasteiger partial charge in [-0.1, -0.05) is 29.3 Å². The lowest BCUT2D eigenvalue weighted by Crippen LogP contribution is -2.16. The van der Waals surface area contributed by atoms with Crippen LogP contribution in [-0.4, -0.2) is 9.49 Å². The van der Waals surface area contributed by atoms with Gasteiger partial charge in [-0.3, -0.25) is 19.5 Å². The van der Waals surface area contributed by atoms with Crippen molar-refractivity contribution in [1.29, 1.82) is 0 Å². The second-order valence-corrected chi connectivity index (χ2v) is 6.07. The fourth-order valence-electron chi connectivity index (χ4n) is 2.49. The van der Waals surface area contributed by atoms with Crippen molar-refractivity contribution in [3.8, 4) is 11.5 Å². The van der Waals surface area contributed by atoms with Gasteiger partial charge in [0.25, 0.3) is 11.2 Å². The number of nitro groups is 1. The molecule has 0 saturated heterocycles. The van der Waals surface area contributed by atoms with E-state index in [1.807, 2.05) is 6.08 Å². The molecule has 0 spiro atoms. The highest BCUT2D eigenvalue weighted by molar-refractivity contribution is 6.37. The number of ether oxygens (including phenoxy) is 1. The second-order valence-electron chi connectivity index (χ2n) is 5.26. The van der Waals surface area contributed by atoms with Crippen LogP contribution in [0.3, 0.4) is 0 Å². The fraction of sp³-hybridized carbons (Fsp3) is 0.188. The first-order chi connectivity index (χ1) is 11.5. The van der Waals surface area contributed by atoms with E-state index in [0.29, 0.717) is 5.75 Å². The van der Waals surface area contributed by atoms with E-state index < -0.39 is 4.92 Å². The van der Waals surface area contributed by atoms with Crippen LogP contribution in [0.25, 0.3) is 5.70 Å². The van der Waals surface area contributed by atoms with Crippen molar-refractivity contribution in [3.05, 3.63) is 67.1 Å². The number of allylic oxidation sites excluding steroid dienone is 2. The average molecular weight is 367 g/mol. The molecule has 0 saturated carbocycles. The minimum Gasteiger partial charge on any atom is -0.453 e. The molecule has 8 heteroatoms. The Bertz CT molecular complexity index is 882. The molecule has 6 nitrogen and oxygen atoms in total. The third-order valence-corrected chi connectivity index (χ3v) is 4.19. The van der Waals surface area contributed by atoms with Crippen LogP contribution in [0.15, 0.2) is 41.3 Å². The van der Waals surface area contributed by atoms with E-state index in [2.05, 4.69) is 0 Å². The molecule has 1 aliphatic carbocycles. The predicted octanol–water partition coefficient (Wildman–Crippen LogP) is 4.88. The quantitative estimate of drug-likeness (QED) is 0.570. The highest BCUT2D eigenvalue weighted by atomic mass is 35.5. The van der Waals surface area contributed by atoms with Gasteiger partial charge in [-0.25, -0.2) is 0 Å². The first kappa shape index (κ1) is 16.5. The summed E-state index contributed by atoms with van der Waals surface area (Å²) < 4.78 is 7.18. The molecule has 1 heterocycles. The van der Waals surface area contributed by atoms with E-state index in [0.717, 1.165) is 37.1 Å². The van der Waals surface area contributed by atoms with Crippen molar-refractivity contribution in [2.45, 2.75) is 19.3 Å². The minimum absolute atomic E-state index is 0.0204. The molecule has 0 atom stereocenters. The van der Waals surface area contributed by atoms with Crippen molar-refractivity contribution < 1.29 is 9.66 Å². The van der Waals surface area contributed by atoms with Crippen LogP contribution in [0.2, 0.25) is 10.0 Å². The summed E-state index contributed by atoms with van der Waals surface area (Å²) in [5, 5.41) is 10.8. The van der Waals surface area contributed by atoms with Gasteiger partial charge in [0.15, 0.2) is 5.75 Å². The monoisotopic (exact) mass is 366 g/mol. The number of hydrogen-bond acceptors (Lipinski definition) is 4. The van der Waals surface area contributed by atoms with Gasteiger partial charge in [0.05, 0.1) is 21.2 Å². The van der Waals surface area contributed by atoms with Crippen LogP contribution in [-0.2, 0) is 0 Å². The smallest absolute Gasteiger partial charge is 0.272 e. The van der Waals surface area contributed by atoms with Gasteiger partial charge < -0.3 is 4.74 Å². The molecule has 0 radical (unpaired) electrons. The number of nitrogens with zero attached hydrogens (tertiary/aromatic N) is 2. The second kappa shape index (κ2) is 6.67. The Kier molecular flexibility index (Phi) is 4.59. The van der Waals surface area contributed by atoms with Crippen molar-refractivity contribution in [2.75, 3.05) is 0 Å². The van der Waals surface area contributed by atoms with Gasteiger partial charge in [-0.2, -0.15) is 0 Å². The third-order valence-electron chi connectivity index (χ3n) is 3.62. The molecule has 0 bridgehead atoms. The normalized spacial score (nSPS) is 13.7. The number of benzene rings is 1. The summed E-state index contributed by atoms with van der Waals surface area (Å²) >= 11 is 12.1. The first-order valence-electron chi connectivity index (χ1n) is 7.19. The highest BCUT2D eigenvalue weighted by Crippen LogP contribution is 2.39. The molecule has 2 aromatic rings. The number of rotatable bonds is 4. The number of halogens is 2. The molecule has 1 aromatic carbocycles. The highest BCUT2D eigenvalue weighted by Gasteiger charge is 2.17. The van der Waals surface area contributed by atoms with Gasteiger partial charge in [0.2, 0.25) is 0 Å². The maximum atomic E-state index is 12.0. The lowest BCUT2D eigenvalue weighted by molar-refractivity contribution is -0.384. The van der Waals surface area contributed by atoms with E-state index in [4.69, 9.17) is 27.9 Å². The average Bonchev–Trinajstić information content (AvgIpc) is 3.06. The van der Waals surface area contributed by atoms with Crippen molar-refractivity contribution in [1.82, 2.24) is 4.57 Å². The molecule has 1 aromatic heterocycles. The van der Waals surface area contributed by atoms with Crippen LogP contribution in [0.1, 0.15) is 19.3 Å². The van der Waals surface area contributed by atoms with Gasteiger partial charge in [-0.15, -0.1) is 0 Å². The Morgan fingerprint density at radius 1 is 1.21 bits per heavy atom. The van der Waals surface area contributed by atoms with E-state index in [9.17, 15) is 14.9 Å². The predicted molar refractivity (Wildman–Crippen MR) is 92.0 cm³/mol. The summed E-state index contributed by atoms with van der Waals surface area (Å²) in [4.78, 5) is 22.2. The third kappa shape index (κ3) is 3.29. The number of aromatic nitrogens is 1. The lowest BCUT2D eigenvalue weighted by Gasteiger charge is -2.12. The molecule has 0 aliphatic heterocycles. The summed E-state index contributed by atoms with van der Waals surface area (Å²) in [6, 6.07) is 5.22. The minimum atomic E-state index is -0.589. The van der Waals surface area contributed by atoms with E-state index >= 15 is 0 Å². The van der Waals surface area contributed by atoms with Gasteiger partial charge in [0.1, 0.15) is 5.75 Å². The zero-order valence-corrected chi connectivity index (χ0v) is 13.9. The molecule has 0 fully saturated rings. The molecule has 0 N–H and O–H groups in total. The summed E-state index contributed by atoms with van der Waals surface area (Å²) in [6.07, 6.45) is 6.34. The molecule has 1 aliphatic rings. The Hall–Kier alpha value is -2.31. The number of hydrogen-bond donors (Lipinski definition) is 0. The van der Waals surface area contributed by atoms with Crippen LogP contribution in [0, 0.1) is 10.1 Å². The number of pyridine rings is 1. The van der Waals surface area contributed by atoms with Crippen LogP contribution in [0.5, 0.6) is 11.5 Å². The van der Waals surface area contributed by atoms with Gasteiger partial charge in [-0.05, 0) is 25.3 Å². The zero-order chi connectivity index (χ0) is 17.3. The molecular weight excluding hydrogens is 355 g/mol. The maximum absolute atomic E-state index is 12.0. The van der Waals surface area contributed by atoms with Gasteiger partial charge in [0, 0.05) is 23.9 Å². The van der Waals surface area contributed by atoms with E-state index in [-0.39, 0.29) is 27.0 Å². The molecule has 24 heavy (non-hydrogen) atoms. The Morgan fingerprint density at radius 2 is 1.92 bits per heavy atom. The van der Waals surface area contributed by atoms with Crippen LogP contribution >= 0.6 is 23.2 Å². The summed E-state index contributed by atoms with van der Waals surface area (Å²) in [5.41, 5.74) is 0.543.